The van der Waals surface area contributed by atoms with Gasteiger partial charge in [0.15, 0.2) is 10.1 Å². The van der Waals surface area contributed by atoms with Crippen LogP contribution in [-0.4, -0.2) is 45.6 Å². The zero-order valence-electron chi connectivity index (χ0n) is 14.4. The van der Waals surface area contributed by atoms with Crippen LogP contribution in [0.2, 0.25) is 0 Å². The minimum Gasteiger partial charge on any atom is -0.381 e. The number of rotatable bonds is 4. The number of aromatic nitrogens is 4. The van der Waals surface area contributed by atoms with E-state index in [9.17, 15) is 13.2 Å². The third kappa shape index (κ3) is 3.10. The largest absolute Gasteiger partial charge is 0.381 e. The third-order valence-corrected chi connectivity index (χ3v) is 5.86. The molecule has 3 rings (SSSR count). The molecule has 0 aliphatic rings. The maximum atomic E-state index is 12.8. The van der Waals surface area contributed by atoms with Gasteiger partial charge in [0.25, 0.3) is 5.56 Å². The smallest absolute Gasteiger partial charge is 0.292 e. The Morgan fingerprint density at radius 2 is 2.12 bits per heavy atom. The molecule has 3 aromatic rings. The molecule has 0 aliphatic heterocycles. The van der Waals surface area contributed by atoms with Gasteiger partial charge in [0.2, 0.25) is 9.84 Å². The van der Waals surface area contributed by atoms with Gasteiger partial charge in [-0.3, -0.25) is 14.6 Å². The quantitative estimate of drug-likeness (QED) is 0.563. The summed E-state index contributed by atoms with van der Waals surface area (Å²) in [7, 11) is -0.323. The van der Waals surface area contributed by atoms with E-state index in [2.05, 4.69) is 20.8 Å². The van der Waals surface area contributed by atoms with Gasteiger partial charge in [0.1, 0.15) is 5.69 Å². The molecule has 0 saturated carbocycles. The van der Waals surface area contributed by atoms with E-state index >= 15 is 0 Å². The van der Waals surface area contributed by atoms with Crippen molar-refractivity contribution in [3.05, 3.63) is 40.3 Å². The van der Waals surface area contributed by atoms with E-state index in [1.165, 1.54) is 4.68 Å². The summed E-state index contributed by atoms with van der Waals surface area (Å²) in [4.78, 5) is 12.8. The highest BCUT2D eigenvalue weighted by Gasteiger charge is 2.21. The highest BCUT2D eigenvalue weighted by molar-refractivity contribution is 8.17. The molecular weight excluding hydrogens is 376 g/mol. The van der Waals surface area contributed by atoms with Crippen molar-refractivity contribution in [2.24, 2.45) is 7.05 Å². The van der Waals surface area contributed by atoms with Gasteiger partial charge in [0.05, 0.1) is 18.3 Å². The summed E-state index contributed by atoms with van der Waals surface area (Å²) in [6.45, 7) is 0.286. The van der Waals surface area contributed by atoms with Crippen molar-refractivity contribution in [3.63, 3.8) is 0 Å². The molecule has 11 heteroatoms. The lowest BCUT2D eigenvalue weighted by molar-refractivity contribution is 0.543. The summed E-state index contributed by atoms with van der Waals surface area (Å²) in [5, 5.41) is 13.3. The fourth-order valence-electron chi connectivity index (χ4n) is 2.71. The number of thiocarbonyl (C=S) groups is 1. The Balaban J connectivity index is 2.07. The normalized spacial score (nSPS) is 11.7. The number of hydrogen-bond donors (Lipinski definition) is 3. The molecule has 0 unspecified atom stereocenters. The minimum atomic E-state index is -3.57. The number of benzene rings is 1. The first-order valence-corrected chi connectivity index (χ1v) is 9.93. The van der Waals surface area contributed by atoms with E-state index in [-0.39, 0.29) is 27.9 Å². The van der Waals surface area contributed by atoms with Crippen molar-refractivity contribution < 1.29 is 8.42 Å². The highest BCUT2D eigenvalue weighted by Crippen LogP contribution is 2.21. The topological polar surface area (TPSA) is 114 Å². The molecule has 138 valence electrons. The van der Waals surface area contributed by atoms with Gasteiger partial charge < -0.3 is 10.6 Å². The van der Waals surface area contributed by atoms with Crippen LogP contribution in [0.5, 0.6) is 0 Å². The minimum absolute atomic E-state index is 0.234. The summed E-state index contributed by atoms with van der Waals surface area (Å²) in [6.07, 6.45) is 2.71. The first-order chi connectivity index (χ1) is 12.2. The Kier molecular flexibility index (Phi) is 4.59. The summed E-state index contributed by atoms with van der Waals surface area (Å²) in [5.41, 5.74) is 1.71. The van der Waals surface area contributed by atoms with Crippen LogP contribution >= 0.6 is 12.2 Å². The number of fused-ring (bicyclic) bond motifs is 1. The van der Waals surface area contributed by atoms with E-state index in [4.69, 9.17) is 12.2 Å². The number of anilines is 2. The van der Waals surface area contributed by atoms with Gasteiger partial charge >= 0.3 is 0 Å². The Labute approximate surface area is 154 Å². The van der Waals surface area contributed by atoms with E-state index in [0.29, 0.717) is 0 Å². The summed E-state index contributed by atoms with van der Waals surface area (Å²) >= 11 is 4.91. The fourth-order valence-corrected chi connectivity index (χ4v) is 3.09. The average molecular weight is 394 g/mol. The maximum Gasteiger partial charge on any atom is 0.292 e. The third-order valence-electron chi connectivity index (χ3n) is 4.07. The summed E-state index contributed by atoms with van der Waals surface area (Å²) in [6, 6.07) is 5.68. The average Bonchev–Trinajstić information content (AvgIpc) is 3.14. The van der Waals surface area contributed by atoms with Crippen LogP contribution in [-0.2, 0) is 23.4 Å². The zero-order valence-corrected chi connectivity index (χ0v) is 16.0. The first-order valence-electron chi connectivity index (χ1n) is 7.63. The second-order valence-corrected chi connectivity index (χ2v) is 8.41. The van der Waals surface area contributed by atoms with Crippen molar-refractivity contribution in [1.29, 1.82) is 0 Å². The lowest BCUT2D eigenvalue weighted by Gasteiger charge is -2.12. The van der Waals surface area contributed by atoms with Crippen molar-refractivity contribution in [1.82, 2.24) is 19.6 Å². The Morgan fingerprint density at radius 1 is 1.38 bits per heavy atom. The van der Waals surface area contributed by atoms with Gasteiger partial charge in [-0.05, 0) is 23.8 Å². The van der Waals surface area contributed by atoms with Crippen LogP contribution in [0.3, 0.4) is 0 Å². The predicted molar refractivity (Wildman–Crippen MR) is 105 cm³/mol. The summed E-state index contributed by atoms with van der Waals surface area (Å²) in [5.74, 6) is 0.285. The highest BCUT2D eigenvalue weighted by atomic mass is 32.2. The molecule has 0 atom stereocenters. The SMILES string of the molecule is CNc1c(NC(=S)S(C)(=O)=O)n(C)n(Cc2cccc3[nH]ncc23)c1=O. The lowest BCUT2D eigenvalue weighted by atomic mass is 10.1. The van der Waals surface area contributed by atoms with Crippen LogP contribution in [0, 0.1) is 0 Å². The molecule has 0 aliphatic carbocycles. The Bertz CT molecular complexity index is 1160. The lowest BCUT2D eigenvalue weighted by Crippen LogP contribution is -2.24. The second kappa shape index (κ2) is 6.57. The van der Waals surface area contributed by atoms with Crippen molar-refractivity contribution in [2.75, 3.05) is 23.9 Å². The molecule has 3 N–H and O–H groups in total. The number of H-pyrrole nitrogens is 1. The zero-order chi connectivity index (χ0) is 19.1. The van der Waals surface area contributed by atoms with E-state index in [0.717, 1.165) is 22.7 Å². The van der Waals surface area contributed by atoms with E-state index < -0.39 is 9.84 Å². The van der Waals surface area contributed by atoms with Crippen LogP contribution in [0.4, 0.5) is 11.5 Å². The Hall–Kier alpha value is -2.66. The number of sulfone groups is 1. The second-order valence-electron chi connectivity index (χ2n) is 5.79. The molecule has 0 fully saturated rings. The number of aromatic amines is 1. The van der Waals surface area contributed by atoms with Gasteiger partial charge in [-0.2, -0.15) is 5.10 Å². The van der Waals surface area contributed by atoms with Crippen LogP contribution in [0.1, 0.15) is 5.56 Å². The number of nitrogens with one attached hydrogen (secondary N) is 3. The van der Waals surface area contributed by atoms with Crippen LogP contribution in [0.15, 0.2) is 29.2 Å². The number of nitrogens with zero attached hydrogens (tertiary/aromatic N) is 3. The van der Waals surface area contributed by atoms with E-state index in [1.807, 2.05) is 18.2 Å². The molecule has 0 bridgehead atoms. The maximum absolute atomic E-state index is 12.8. The van der Waals surface area contributed by atoms with Crippen molar-refractivity contribution in [3.8, 4) is 0 Å². The molecule has 1 aromatic carbocycles. The molecule has 0 radical (unpaired) electrons. The molecule has 0 amide bonds. The molecule has 2 heterocycles. The number of hydrogen-bond acceptors (Lipinski definition) is 6. The molecule has 0 spiro atoms. The predicted octanol–water partition coefficient (Wildman–Crippen LogP) is 0.894. The van der Waals surface area contributed by atoms with E-state index in [1.54, 1.807) is 25.0 Å². The van der Waals surface area contributed by atoms with Gasteiger partial charge in [0, 0.05) is 25.7 Å². The van der Waals surface area contributed by atoms with Gasteiger partial charge in [-0.1, -0.05) is 12.1 Å². The fraction of sp³-hybridized carbons (Fsp3) is 0.267. The van der Waals surface area contributed by atoms with Gasteiger partial charge in [-0.25, -0.2) is 13.1 Å². The molecule has 26 heavy (non-hydrogen) atoms. The summed E-state index contributed by atoms with van der Waals surface area (Å²) < 4.78 is 25.9. The first kappa shape index (κ1) is 18.1. The van der Waals surface area contributed by atoms with Crippen LogP contribution in [0.25, 0.3) is 10.9 Å². The van der Waals surface area contributed by atoms with Gasteiger partial charge in [-0.15, -0.1) is 0 Å². The monoisotopic (exact) mass is 394 g/mol. The van der Waals surface area contributed by atoms with Crippen molar-refractivity contribution in [2.45, 2.75) is 6.54 Å². The van der Waals surface area contributed by atoms with Crippen molar-refractivity contribution >= 4 is 48.8 Å². The molecule has 0 saturated heterocycles. The molecule has 9 nitrogen and oxygen atoms in total. The standard InChI is InChI=1S/C15H18N6O3S2/c1-16-12-13(18-15(25)26(3,23)24)20(2)21(14(12)22)8-9-5-4-6-11-10(9)7-17-19-11/h4-7,16H,8H2,1-3H3,(H,17,19)(H,18,25). The van der Waals surface area contributed by atoms with Crippen LogP contribution < -0.4 is 16.2 Å². The molecular formula is C15H18N6O3S2. The molecule has 2 aromatic heterocycles. The Morgan fingerprint density at radius 3 is 2.77 bits per heavy atom.